The van der Waals surface area contributed by atoms with Crippen molar-refractivity contribution >= 4 is 28.2 Å². The maximum Gasteiger partial charge on any atom is 0.341 e. The van der Waals surface area contributed by atoms with E-state index < -0.39 is 22.8 Å². The number of anilines is 2. The number of hydrogen-bond donors (Lipinski definition) is 4. The van der Waals surface area contributed by atoms with E-state index in [0.29, 0.717) is 30.6 Å². The van der Waals surface area contributed by atoms with Crippen molar-refractivity contribution in [3.8, 4) is 0 Å². The van der Waals surface area contributed by atoms with Gasteiger partial charge >= 0.3 is 5.97 Å². The first-order valence-electron chi connectivity index (χ1n) is 9.75. The van der Waals surface area contributed by atoms with Crippen LogP contribution in [0.25, 0.3) is 10.9 Å². The van der Waals surface area contributed by atoms with Crippen LogP contribution in [-0.4, -0.2) is 34.8 Å². The summed E-state index contributed by atoms with van der Waals surface area (Å²) in [5, 5.41) is 15.5. The third-order valence-electron chi connectivity index (χ3n) is 5.55. The quantitative estimate of drug-likeness (QED) is 0.352. The van der Waals surface area contributed by atoms with Crippen LogP contribution in [-0.2, 0) is 7.05 Å². The summed E-state index contributed by atoms with van der Waals surface area (Å²) in [5.41, 5.74) is 6.14. The predicted molar refractivity (Wildman–Crippen MR) is 115 cm³/mol. The molecule has 5 N–H and O–H groups in total. The molecule has 1 fully saturated rings. The van der Waals surface area contributed by atoms with Crippen molar-refractivity contribution < 1.29 is 14.3 Å². The molecule has 0 radical (unpaired) electrons. The summed E-state index contributed by atoms with van der Waals surface area (Å²) in [5.74, 6) is -1.62. The van der Waals surface area contributed by atoms with E-state index in [1.807, 2.05) is 18.2 Å². The minimum Gasteiger partial charge on any atom is -0.477 e. The van der Waals surface area contributed by atoms with Gasteiger partial charge in [0, 0.05) is 38.3 Å². The number of benzene rings is 2. The Hall–Kier alpha value is -3.39. The number of aromatic carboxylic acids is 1. The summed E-state index contributed by atoms with van der Waals surface area (Å²) in [6, 6.07) is 12.2. The molecule has 8 heteroatoms. The van der Waals surface area contributed by atoms with Crippen LogP contribution < -0.4 is 21.8 Å². The molecule has 0 amide bonds. The summed E-state index contributed by atoms with van der Waals surface area (Å²) in [7, 11) is 1.59. The van der Waals surface area contributed by atoms with E-state index >= 15 is 0 Å². The maximum atomic E-state index is 14.8. The van der Waals surface area contributed by atoms with Crippen LogP contribution in [0.1, 0.15) is 28.3 Å². The SMILES string of the molecule is Cn1cc(C(=O)O)c(=O)c2c(N)c(F)c(NCCN[C@@H]3C[C@H]3c3ccccc3)cc21. The third kappa shape index (κ3) is 3.61. The third-order valence-corrected chi connectivity index (χ3v) is 5.55. The molecule has 1 aromatic heterocycles. The van der Waals surface area contributed by atoms with Crippen LogP contribution in [0, 0.1) is 5.82 Å². The van der Waals surface area contributed by atoms with Gasteiger partial charge in [-0.2, -0.15) is 0 Å². The second-order valence-electron chi connectivity index (χ2n) is 7.57. The van der Waals surface area contributed by atoms with Crippen molar-refractivity contribution in [3.63, 3.8) is 0 Å². The number of carbonyl (C=O) groups is 1. The molecule has 0 bridgehead atoms. The zero-order valence-electron chi connectivity index (χ0n) is 16.5. The van der Waals surface area contributed by atoms with Gasteiger partial charge in [0.1, 0.15) is 5.56 Å². The Kier molecular flexibility index (Phi) is 5.17. The highest BCUT2D eigenvalue weighted by Gasteiger charge is 2.37. The van der Waals surface area contributed by atoms with Gasteiger partial charge in [-0.05, 0) is 18.1 Å². The molecule has 156 valence electrons. The highest BCUT2D eigenvalue weighted by Crippen LogP contribution is 2.40. The Morgan fingerprint density at radius 1 is 1.30 bits per heavy atom. The normalized spacial score (nSPS) is 17.8. The van der Waals surface area contributed by atoms with E-state index in [4.69, 9.17) is 5.73 Å². The molecule has 4 rings (SSSR count). The van der Waals surface area contributed by atoms with Gasteiger partial charge in [-0.3, -0.25) is 4.79 Å². The van der Waals surface area contributed by atoms with Crippen molar-refractivity contribution in [3.05, 3.63) is 69.8 Å². The summed E-state index contributed by atoms with van der Waals surface area (Å²) in [6.07, 6.45) is 2.29. The molecule has 0 spiro atoms. The van der Waals surface area contributed by atoms with E-state index in [-0.39, 0.29) is 16.8 Å². The highest BCUT2D eigenvalue weighted by atomic mass is 19.1. The van der Waals surface area contributed by atoms with Gasteiger partial charge in [0.05, 0.1) is 22.3 Å². The van der Waals surface area contributed by atoms with Gasteiger partial charge in [-0.1, -0.05) is 30.3 Å². The molecule has 0 saturated heterocycles. The molecule has 7 nitrogen and oxygen atoms in total. The number of pyridine rings is 1. The molecular formula is C22H23FN4O3. The minimum atomic E-state index is -1.38. The first kappa shape index (κ1) is 19.9. The molecule has 30 heavy (non-hydrogen) atoms. The number of nitrogen functional groups attached to an aromatic ring is 1. The fourth-order valence-corrected chi connectivity index (χ4v) is 3.86. The van der Waals surface area contributed by atoms with E-state index in [2.05, 4.69) is 22.8 Å². The van der Waals surface area contributed by atoms with Crippen molar-refractivity contribution in [2.24, 2.45) is 7.05 Å². The lowest BCUT2D eigenvalue weighted by Crippen LogP contribution is -2.25. The zero-order valence-corrected chi connectivity index (χ0v) is 16.5. The molecule has 3 aromatic rings. The molecule has 1 saturated carbocycles. The molecule has 2 aromatic carbocycles. The molecule has 1 aliphatic carbocycles. The monoisotopic (exact) mass is 410 g/mol. The van der Waals surface area contributed by atoms with E-state index in [1.54, 1.807) is 7.05 Å². The largest absolute Gasteiger partial charge is 0.477 e. The number of carboxylic acid groups (broad SMARTS) is 1. The Morgan fingerprint density at radius 2 is 2.03 bits per heavy atom. The van der Waals surface area contributed by atoms with Gasteiger partial charge in [-0.25, -0.2) is 9.18 Å². The van der Waals surface area contributed by atoms with E-state index in [9.17, 15) is 19.1 Å². The number of halogens is 1. The molecule has 1 heterocycles. The molecular weight excluding hydrogens is 387 g/mol. The smallest absolute Gasteiger partial charge is 0.341 e. The van der Waals surface area contributed by atoms with Gasteiger partial charge in [0.25, 0.3) is 0 Å². The van der Waals surface area contributed by atoms with Crippen LogP contribution in [0.5, 0.6) is 0 Å². The standard InChI is InChI=1S/C22H23FN4O3/c1-27-11-14(22(29)30)21(28)18-17(27)10-16(19(23)20(18)24)26-8-7-25-15-9-13(15)12-5-3-2-4-6-12/h2-6,10-11,13,15,25-26H,7-9,24H2,1H3,(H,29,30)/t13-,15+/m0/s1. The number of nitrogens with two attached hydrogens (primary N) is 1. The Morgan fingerprint density at radius 3 is 2.73 bits per heavy atom. The Bertz CT molecular complexity index is 1180. The number of aryl methyl sites for hydroxylation is 1. The van der Waals surface area contributed by atoms with Crippen LogP contribution in [0.4, 0.5) is 15.8 Å². The highest BCUT2D eigenvalue weighted by molar-refractivity contribution is 5.99. The second kappa shape index (κ2) is 7.79. The van der Waals surface area contributed by atoms with Gasteiger partial charge in [0.15, 0.2) is 5.82 Å². The van der Waals surface area contributed by atoms with E-state index in [0.717, 1.165) is 6.42 Å². The first-order valence-corrected chi connectivity index (χ1v) is 9.75. The lowest BCUT2D eigenvalue weighted by atomic mass is 10.1. The van der Waals surface area contributed by atoms with Crippen molar-refractivity contribution in [1.82, 2.24) is 9.88 Å². The van der Waals surface area contributed by atoms with Crippen molar-refractivity contribution in [2.75, 3.05) is 24.1 Å². The van der Waals surface area contributed by atoms with Crippen molar-refractivity contribution in [1.29, 1.82) is 0 Å². The average Bonchev–Trinajstić information content (AvgIpc) is 3.51. The van der Waals surface area contributed by atoms with Crippen LogP contribution in [0.2, 0.25) is 0 Å². The van der Waals surface area contributed by atoms with Crippen molar-refractivity contribution in [2.45, 2.75) is 18.4 Å². The van der Waals surface area contributed by atoms with Crippen LogP contribution in [0.3, 0.4) is 0 Å². The summed E-state index contributed by atoms with van der Waals surface area (Å²) in [4.78, 5) is 23.7. The lowest BCUT2D eigenvalue weighted by Gasteiger charge is -2.14. The van der Waals surface area contributed by atoms with E-state index in [1.165, 1.54) is 22.4 Å². The first-order chi connectivity index (χ1) is 14.4. The topological polar surface area (TPSA) is 109 Å². The second-order valence-corrected chi connectivity index (χ2v) is 7.57. The Balaban J connectivity index is 1.46. The lowest BCUT2D eigenvalue weighted by molar-refractivity contribution is 0.0695. The van der Waals surface area contributed by atoms with Gasteiger partial charge in [0.2, 0.25) is 5.43 Å². The number of nitrogens with zero attached hydrogens (tertiary/aromatic N) is 1. The van der Waals surface area contributed by atoms with Gasteiger partial charge < -0.3 is 26.0 Å². The maximum absolute atomic E-state index is 14.8. The van der Waals surface area contributed by atoms with Crippen LogP contribution in [0.15, 0.2) is 47.4 Å². The summed E-state index contributed by atoms with van der Waals surface area (Å²) >= 11 is 0. The Labute approximate surface area is 172 Å². The molecule has 0 unspecified atom stereocenters. The number of rotatable bonds is 7. The molecule has 2 atom stereocenters. The predicted octanol–water partition coefficient (Wildman–Crippen LogP) is 2.52. The van der Waals surface area contributed by atoms with Crippen LogP contribution >= 0.6 is 0 Å². The fraction of sp³-hybridized carbons (Fsp3) is 0.273. The zero-order chi connectivity index (χ0) is 21.4. The summed E-state index contributed by atoms with van der Waals surface area (Å²) < 4.78 is 16.2. The minimum absolute atomic E-state index is 0.123. The fourth-order valence-electron chi connectivity index (χ4n) is 3.86. The average molecular weight is 410 g/mol. The number of fused-ring (bicyclic) bond motifs is 1. The number of carboxylic acids is 1. The molecule has 1 aliphatic rings. The molecule has 0 aliphatic heterocycles. The van der Waals surface area contributed by atoms with Gasteiger partial charge in [-0.15, -0.1) is 0 Å². The summed E-state index contributed by atoms with van der Waals surface area (Å²) in [6.45, 7) is 1.11. The number of aromatic nitrogens is 1. The number of hydrogen-bond acceptors (Lipinski definition) is 5. The number of nitrogens with one attached hydrogen (secondary N) is 2.